The number of aromatic amines is 1. The minimum Gasteiger partial charge on any atom is -0.481 e. The predicted octanol–water partition coefficient (Wildman–Crippen LogP) is 6.32. The van der Waals surface area contributed by atoms with Crippen molar-refractivity contribution in [1.82, 2.24) is 19.7 Å². The minimum atomic E-state index is -4.79. The molecule has 0 radical (unpaired) electrons. The van der Waals surface area contributed by atoms with Crippen molar-refractivity contribution in [2.75, 3.05) is 13.1 Å². The zero-order chi connectivity index (χ0) is 27.9. The van der Waals surface area contributed by atoms with E-state index in [-0.39, 0.29) is 44.2 Å². The molecule has 3 aromatic rings. The number of alkyl halides is 3. The summed E-state index contributed by atoms with van der Waals surface area (Å²) in [4.78, 5) is 30.0. The smallest absolute Gasteiger partial charge is 0.433 e. The van der Waals surface area contributed by atoms with E-state index in [1.54, 1.807) is 6.92 Å². The lowest BCUT2D eigenvalue weighted by Crippen LogP contribution is -2.40. The van der Waals surface area contributed by atoms with Crippen LogP contribution in [0.25, 0.3) is 10.9 Å². The topological polar surface area (TPSA) is 91.2 Å². The molecule has 1 aliphatic carbocycles. The highest BCUT2D eigenvalue weighted by atomic mass is 19.4. The molecule has 1 aromatic carbocycles. The van der Waals surface area contributed by atoms with Crippen molar-refractivity contribution < 1.29 is 27.9 Å². The number of aromatic nitrogens is 3. The molecule has 1 saturated carbocycles. The number of aliphatic carboxylic acids is 1. The summed E-state index contributed by atoms with van der Waals surface area (Å²) in [5.41, 5.74) is -0.877. The van der Waals surface area contributed by atoms with Gasteiger partial charge in [-0.15, -0.1) is 0 Å². The summed E-state index contributed by atoms with van der Waals surface area (Å²) in [6.07, 6.45) is -0.435. The number of carbonyl (C=O) groups excluding carboxylic acids is 1. The molecule has 7 nitrogen and oxygen atoms in total. The highest BCUT2D eigenvalue weighted by molar-refractivity contribution is 5.95. The Morgan fingerprint density at radius 1 is 1.18 bits per heavy atom. The first-order valence-electron chi connectivity index (χ1n) is 12.9. The summed E-state index contributed by atoms with van der Waals surface area (Å²) in [6, 6.07) is 7.14. The van der Waals surface area contributed by atoms with Crippen LogP contribution in [0.3, 0.4) is 0 Å². The first-order valence-corrected chi connectivity index (χ1v) is 12.9. The number of carboxylic acid groups (broad SMARTS) is 1. The summed E-state index contributed by atoms with van der Waals surface area (Å²) in [5.74, 6) is -1.65. The quantitative estimate of drug-likeness (QED) is 0.373. The molecular formula is C28H35F3N4O3. The van der Waals surface area contributed by atoms with Crippen molar-refractivity contribution in [2.45, 2.75) is 72.0 Å². The molecule has 0 spiro atoms. The molecule has 0 atom stereocenters. The van der Waals surface area contributed by atoms with Crippen molar-refractivity contribution in [3.8, 4) is 0 Å². The van der Waals surface area contributed by atoms with Crippen molar-refractivity contribution in [3.63, 3.8) is 0 Å². The van der Waals surface area contributed by atoms with Gasteiger partial charge in [-0.25, -0.2) is 0 Å². The fourth-order valence-electron chi connectivity index (χ4n) is 5.37. The van der Waals surface area contributed by atoms with E-state index in [9.17, 15) is 27.9 Å². The second-order valence-electron chi connectivity index (χ2n) is 11.8. The van der Waals surface area contributed by atoms with Gasteiger partial charge in [0.15, 0.2) is 5.69 Å². The Kier molecular flexibility index (Phi) is 7.38. The molecule has 0 aliphatic heterocycles. The van der Waals surface area contributed by atoms with Crippen LogP contribution in [0.5, 0.6) is 0 Å². The van der Waals surface area contributed by atoms with Gasteiger partial charge in [0.1, 0.15) is 0 Å². The second-order valence-corrected chi connectivity index (χ2v) is 11.8. The van der Waals surface area contributed by atoms with Crippen molar-refractivity contribution >= 4 is 22.8 Å². The summed E-state index contributed by atoms with van der Waals surface area (Å²) < 4.78 is 44.1. The molecule has 0 bridgehead atoms. The van der Waals surface area contributed by atoms with Crippen LogP contribution < -0.4 is 0 Å². The molecule has 2 N–H and O–H groups in total. The van der Waals surface area contributed by atoms with E-state index >= 15 is 0 Å². The van der Waals surface area contributed by atoms with Crippen molar-refractivity contribution in [3.05, 3.63) is 53.5 Å². The number of rotatable bonds is 7. The molecule has 2 aromatic heterocycles. The maximum atomic E-state index is 14.4. The van der Waals surface area contributed by atoms with Crippen molar-refractivity contribution in [2.24, 2.45) is 10.8 Å². The Labute approximate surface area is 220 Å². The Morgan fingerprint density at radius 2 is 1.84 bits per heavy atom. The molecule has 38 heavy (non-hydrogen) atoms. The van der Waals surface area contributed by atoms with Crippen LogP contribution in [0.15, 0.2) is 36.7 Å². The summed E-state index contributed by atoms with van der Waals surface area (Å²) in [6.45, 7) is 7.96. The number of nitrogens with one attached hydrogen (secondary N) is 1. The highest BCUT2D eigenvalue weighted by Crippen LogP contribution is 2.43. The van der Waals surface area contributed by atoms with E-state index in [0.29, 0.717) is 6.42 Å². The molecule has 206 valence electrons. The van der Waals surface area contributed by atoms with Crippen LogP contribution >= 0.6 is 0 Å². The average molecular weight is 533 g/mol. The summed E-state index contributed by atoms with van der Waals surface area (Å²) in [5, 5.41) is 14.6. The maximum absolute atomic E-state index is 14.4. The number of carbonyl (C=O) groups is 2. The largest absolute Gasteiger partial charge is 0.481 e. The van der Waals surface area contributed by atoms with Gasteiger partial charge in [-0.3, -0.25) is 14.3 Å². The number of hydrogen-bond donors (Lipinski definition) is 2. The first kappa shape index (κ1) is 27.7. The third kappa shape index (κ3) is 5.73. The Hall–Kier alpha value is -3.30. The SMILES string of the molecule is CC(C)(C)CN(CCc1c[nH]c2ccccc12)C(=O)c1cnn(C2CCC(C)(C(=O)O)CC2)c1C(F)(F)F. The van der Waals surface area contributed by atoms with Crippen LogP contribution in [-0.4, -0.2) is 49.7 Å². The third-order valence-electron chi connectivity index (χ3n) is 7.49. The Balaban J connectivity index is 1.62. The minimum absolute atomic E-state index is 0.244. The number of carboxylic acids is 1. The number of H-pyrrole nitrogens is 1. The van der Waals surface area contributed by atoms with Gasteiger partial charge in [-0.05, 0) is 56.1 Å². The molecule has 10 heteroatoms. The third-order valence-corrected chi connectivity index (χ3v) is 7.49. The number of hydrogen-bond acceptors (Lipinski definition) is 3. The van der Waals surface area contributed by atoms with Crippen molar-refractivity contribution in [1.29, 1.82) is 0 Å². The van der Waals surface area contributed by atoms with Gasteiger partial charge in [0.25, 0.3) is 5.91 Å². The molecule has 0 saturated heterocycles. The van der Waals surface area contributed by atoms with Gasteiger partial charge >= 0.3 is 12.1 Å². The fraction of sp³-hybridized carbons (Fsp3) is 0.536. The number of halogens is 3. The maximum Gasteiger partial charge on any atom is 0.433 e. The number of nitrogens with zero attached hydrogens (tertiary/aromatic N) is 3. The lowest BCUT2D eigenvalue weighted by atomic mass is 9.74. The van der Waals surface area contributed by atoms with E-state index in [0.717, 1.165) is 27.3 Å². The number of amides is 1. The van der Waals surface area contributed by atoms with E-state index in [1.807, 2.05) is 51.2 Å². The predicted molar refractivity (Wildman–Crippen MR) is 138 cm³/mol. The molecule has 1 aliphatic rings. The second kappa shape index (κ2) is 10.1. The van der Waals surface area contributed by atoms with Gasteiger partial charge in [-0.1, -0.05) is 39.0 Å². The molecule has 4 rings (SSSR count). The number of fused-ring (bicyclic) bond motifs is 1. The molecular weight excluding hydrogens is 497 g/mol. The Morgan fingerprint density at radius 3 is 2.45 bits per heavy atom. The van der Waals surface area contributed by atoms with Gasteiger partial charge in [-0.2, -0.15) is 18.3 Å². The van der Waals surface area contributed by atoms with Crippen LogP contribution in [-0.2, 0) is 17.4 Å². The lowest BCUT2D eigenvalue weighted by molar-refractivity contribution is -0.152. The van der Waals surface area contributed by atoms with E-state index < -0.39 is 40.8 Å². The average Bonchev–Trinajstić information content (AvgIpc) is 3.46. The molecule has 2 heterocycles. The van der Waals surface area contributed by atoms with E-state index in [2.05, 4.69) is 10.1 Å². The van der Waals surface area contributed by atoms with Gasteiger partial charge in [0.2, 0.25) is 0 Å². The van der Waals surface area contributed by atoms with E-state index in [4.69, 9.17) is 0 Å². The van der Waals surface area contributed by atoms with Gasteiger partial charge in [0.05, 0.1) is 23.2 Å². The first-order chi connectivity index (χ1) is 17.7. The highest BCUT2D eigenvalue weighted by Gasteiger charge is 2.45. The Bertz CT molecular complexity index is 1310. The fourth-order valence-corrected chi connectivity index (χ4v) is 5.37. The van der Waals surface area contributed by atoms with Crippen LogP contribution in [0, 0.1) is 10.8 Å². The van der Waals surface area contributed by atoms with Crippen LogP contribution in [0.4, 0.5) is 13.2 Å². The normalized spacial score (nSPS) is 20.6. The molecule has 1 amide bonds. The zero-order valence-electron chi connectivity index (χ0n) is 22.2. The number of para-hydroxylation sites is 1. The van der Waals surface area contributed by atoms with Gasteiger partial charge < -0.3 is 15.0 Å². The zero-order valence-corrected chi connectivity index (χ0v) is 22.2. The van der Waals surface area contributed by atoms with Crippen LogP contribution in [0.1, 0.15) is 81.0 Å². The standard InChI is InChI=1S/C28H35F3N4O3/c1-26(2,3)17-34(14-11-18-15-32-22-8-6-5-7-20(18)22)24(36)21-16-33-35(23(21)28(29,30)31)19-9-12-27(4,13-10-19)25(37)38/h5-8,15-16,19,32H,9-14,17H2,1-4H3,(H,37,38). The monoisotopic (exact) mass is 532 g/mol. The van der Waals surface area contributed by atoms with E-state index in [1.165, 1.54) is 4.90 Å². The summed E-state index contributed by atoms with van der Waals surface area (Å²) >= 11 is 0. The lowest BCUT2D eigenvalue weighted by Gasteiger charge is -2.34. The van der Waals surface area contributed by atoms with Crippen LogP contribution in [0.2, 0.25) is 0 Å². The number of benzene rings is 1. The van der Waals surface area contributed by atoms with Gasteiger partial charge in [0, 0.05) is 30.2 Å². The molecule has 1 fully saturated rings. The molecule has 0 unspecified atom stereocenters. The summed E-state index contributed by atoms with van der Waals surface area (Å²) in [7, 11) is 0.